The summed E-state index contributed by atoms with van der Waals surface area (Å²) in [6.07, 6.45) is 1.59. The predicted octanol–water partition coefficient (Wildman–Crippen LogP) is 5.54. The van der Waals surface area contributed by atoms with Gasteiger partial charge in [-0.3, -0.25) is 4.79 Å². The molecule has 1 aromatic heterocycles. The van der Waals surface area contributed by atoms with Crippen LogP contribution in [0.2, 0.25) is 0 Å². The van der Waals surface area contributed by atoms with Crippen molar-refractivity contribution in [2.75, 3.05) is 5.32 Å². The summed E-state index contributed by atoms with van der Waals surface area (Å²) in [4.78, 5) is 17.0. The molecule has 0 saturated carbocycles. The number of amides is 1. The Bertz CT molecular complexity index is 1140. The molecule has 28 heavy (non-hydrogen) atoms. The lowest BCUT2D eigenvalue weighted by atomic mass is 10.1. The van der Waals surface area contributed by atoms with Gasteiger partial charge in [0.15, 0.2) is 17.4 Å². The topological polar surface area (TPSA) is 55.1 Å². The van der Waals surface area contributed by atoms with Crippen LogP contribution in [0, 0.1) is 11.6 Å². The first-order valence-corrected chi connectivity index (χ1v) is 8.49. The van der Waals surface area contributed by atoms with Crippen molar-refractivity contribution in [2.24, 2.45) is 0 Å². The highest BCUT2D eigenvalue weighted by atomic mass is 19.2. The number of oxazole rings is 1. The van der Waals surface area contributed by atoms with Gasteiger partial charge in [-0.25, -0.2) is 13.8 Å². The highest BCUT2D eigenvalue weighted by Crippen LogP contribution is 2.28. The van der Waals surface area contributed by atoms with Crippen LogP contribution >= 0.6 is 0 Å². The predicted molar refractivity (Wildman–Crippen MR) is 102 cm³/mol. The van der Waals surface area contributed by atoms with E-state index in [0.717, 1.165) is 17.7 Å². The van der Waals surface area contributed by atoms with Gasteiger partial charge in [0.2, 0.25) is 5.89 Å². The molecule has 0 aliphatic rings. The van der Waals surface area contributed by atoms with E-state index in [1.54, 1.807) is 30.5 Å². The number of carbonyl (C=O) groups is 1. The van der Waals surface area contributed by atoms with E-state index in [1.165, 1.54) is 6.07 Å². The fraction of sp³-hybridized carbons (Fsp3) is 0. The van der Waals surface area contributed by atoms with Crippen LogP contribution in [0.1, 0.15) is 10.4 Å². The molecule has 1 N–H and O–H groups in total. The molecule has 0 radical (unpaired) electrons. The molecule has 4 rings (SSSR count). The molecule has 0 aliphatic carbocycles. The van der Waals surface area contributed by atoms with Crippen molar-refractivity contribution in [2.45, 2.75) is 0 Å². The third-order valence-corrected chi connectivity index (χ3v) is 4.14. The first-order chi connectivity index (χ1) is 13.6. The zero-order valence-corrected chi connectivity index (χ0v) is 14.5. The van der Waals surface area contributed by atoms with Crippen molar-refractivity contribution < 1.29 is 18.0 Å². The van der Waals surface area contributed by atoms with E-state index in [0.29, 0.717) is 16.9 Å². The average Bonchev–Trinajstić information content (AvgIpc) is 3.21. The molecule has 0 spiro atoms. The van der Waals surface area contributed by atoms with Crippen molar-refractivity contribution in [1.29, 1.82) is 0 Å². The monoisotopic (exact) mass is 376 g/mol. The van der Waals surface area contributed by atoms with E-state index in [9.17, 15) is 13.6 Å². The molecule has 1 heterocycles. The van der Waals surface area contributed by atoms with Crippen molar-refractivity contribution in [1.82, 2.24) is 4.98 Å². The summed E-state index contributed by atoms with van der Waals surface area (Å²) in [5.41, 5.74) is 1.81. The van der Waals surface area contributed by atoms with Gasteiger partial charge in [0.25, 0.3) is 5.91 Å². The van der Waals surface area contributed by atoms with Gasteiger partial charge in [-0.1, -0.05) is 42.5 Å². The Balaban J connectivity index is 1.64. The Morgan fingerprint density at radius 1 is 0.893 bits per heavy atom. The maximum absolute atomic E-state index is 13.4. The zero-order valence-electron chi connectivity index (χ0n) is 14.5. The second-order valence-electron chi connectivity index (χ2n) is 6.02. The van der Waals surface area contributed by atoms with Crippen molar-refractivity contribution in [3.8, 4) is 22.8 Å². The van der Waals surface area contributed by atoms with Gasteiger partial charge in [-0.15, -0.1) is 0 Å². The molecular weight excluding hydrogens is 362 g/mol. The number of aromatic nitrogens is 1. The molecular formula is C22H14F2N2O2. The molecule has 4 aromatic rings. The van der Waals surface area contributed by atoms with Crippen LogP contribution in [0.15, 0.2) is 83.4 Å². The molecule has 0 atom stereocenters. The Labute approximate surface area is 159 Å². The second kappa shape index (κ2) is 7.44. The minimum absolute atomic E-state index is 0.149. The summed E-state index contributed by atoms with van der Waals surface area (Å²) in [6.45, 7) is 0. The summed E-state index contributed by atoms with van der Waals surface area (Å²) in [5, 5.41) is 2.56. The number of carbonyl (C=O) groups excluding carboxylic acids is 1. The summed E-state index contributed by atoms with van der Waals surface area (Å²) in [6, 6.07) is 19.4. The maximum atomic E-state index is 13.4. The number of nitrogens with zero attached hydrogens (tertiary/aromatic N) is 1. The molecule has 0 unspecified atom stereocenters. The second-order valence-corrected chi connectivity index (χ2v) is 6.02. The van der Waals surface area contributed by atoms with Crippen molar-refractivity contribution in [3.05, 3.63) is 96.2 Å². The third kappa shape index (κ3) is 3.53. The Morgan fingerprint density at radius 2 is 1.64 bits per heavy atom. The molecule has 6 heteroatoms. The minimum atomic E-state index is -1.04. The number of nitrogens with one attached hydrogen (secondary N) is 1. The van der Waals surface area contributed by atoms with Crippen molar-refractivity contribution in [3.63, 3.8) is 0 Å². The molecule has 0 bridgehead atoms. The normalized spacial score (nSPS) is 10.6. The first-order valence-electron chi connectivity index (χ1n) is 8.49. The van der Waals surface area contributed by atoms with E-state index in [-0.39, 0.29) is 11.6 Å². The molecule has 4 nitrogen and oxygen atoms in total. The molecule has 0 aliphatic heterocycles. The van der Waals surface area contributed by atoms with Crippen LogP contribution in [0.4, 0.5) is 14.5 Å². The minimum Gasteiger partial charge on any atom is -0.436 e. The van der Waals surface area contributed by atoms with E-state index in [2.05, 4.69) is 10.3 Å². The van der Waals surface area contributed by atoms with Gasteiger partial charge in [0.1, 0.15) is 0 Å². The van der Waals surface area contributed by atoms with Gasteiger partial charge >= 0.3 is 0 Å². The molecule has 3 aromatic carbocycles. The third-order valence-electron chi connectivity index (χ3n) is 4.14. The number of hydrogen-bond acceptors (Lipinski definition) is 3. The lowest BCUT2D eigenvalue weighted by Crippen LogP contribution is -2.13. The fourth-order valence-electron chi connectivity index (χ4n) is 2.77. The highest BCUT2D eigenvalue weighted by Gasteiger charge is 2.17. The van der Waals surface area contributed by atoms with Crippen molar-refractivity contribution >= 4 is 11.6 Å². The number of halogens is 2. The molecule has 0 saturated heterocycles. The number of hydrogen-bond donors (Lipinski definition) is 1. The van der Waals surface area contributed by atoms with E-state index in [4.69, 9.17) is 4.42 Å². The quantitative estimate of drug-likeness (QED) is 0.509. The molecule has 0 fully saturated rings. The highest BCUT2D eigenvalue weighted by molar-refractivity contribution is 6.08. The first kappa shape index (κ1) is 17.6. The smallest absolute Gasteiger partial charge is 0.256 e. The zero-order chi connectivity index (χ0) is 19.5. The van der Waals surface area contributed by atoms with Gasteiger partial charge in [-0.05, 0) is 24.3 Å². The van der Waals surface area contributed by atoms with Gasteiger partial charge in [0, 0.05) is 22.9 Å². The van der Waals surface area contributed by atoms with E-state index in [1.807, 2.05) is 30.3 Å². The van der Waals surface area contributed by atoms with Crippen LogP contribution in [0.5, 0.6) is 0 Å². The van der Waals surface area contributed by atoms with Crippen LogP contribution in [-0.2, 0) is 0 Å². The Hall–Kier alpha value is -3.80. The SMILES string of the molecule is O=C(Nc1ccc(F)c(F)c1)c1ccccc1-c1ncc(-c2ccccc2)o1. The summed E-state index contributed by atoms with van der Waals surface area (Å²) in [7, 11) is 0. The van der Waals surface area contributed by atoms with Crippen LogP contribution in [-0.4, -0.2) is 10.9 Å². The van der Waals surface area contributed by atoms with Gasteiger partial charge < -0.3 is 9.73 Å². The van der Waals surface area contributed by atoms with Gasteiger partial charge in [0.05, 0.1) is 11.8 Å². The number of anilines is 1. The number of benzene rings is 3. The largest absolute Gasteiger partial charge is 0.436 e. The van der Waals surface area contributed by atoms with E-state index >= 15 is 0 Å². The van der Waals surface area contributed by atoms with Gasteiger partial charge in [-0.2, -0.15) is 0 Å². The summed E-state index contributed by atoms with van der Waals surface area (Å²) in [5.74, 6) is -1.64. The summed E-state index contributed by atoms with van der Waals surface area (Å²) >= 11 is 0. The summed E-state index contributed by atoms with van der Waals surface area (Å²) < 4.78 is 32.3. The van der Waals surface area contributed by atoms with Crippen LogP contribution < -0.4 is 5.32 Å². The maximum Gasteiger partial charge on any atom is 0.256 e. The fourth-order valence-corrected chi connectivity index (χ4v) is 2.77. The standard InChI is InChI=1S/C22H14F2N2O2/c23-18-11-10-15(12-19(18)24)26-21(27)16-8-4-5-9-17(16)22-25-13-20(28-22)14-6-2-1-3-7-14/h1-13H,(H,26,27). The average molecular weight is 376 g/mol. The van der Waals surface area contributed by atoms with E-state index < -0.39 is 17.5 Å². The van der Waals surface area contributed by atoms with Crippen LogP contribution in [0.3, 0.4) is 0 Å². The molecule has 1 amide bonds. The van der Waals surface area contributed by atoms with Crippen LogP contribution in [0.25, 0.3) is 22.8 Å². The lowest BCUT2D eigenvalue weighted by molar-refractivity contribution is 0.102. The Morgan fingerprint density at radius 3 is 2.43 bits per heavy atom. The lowest BCUT2D eigenvalue weighted by Gasteiger charge is -2.08. The molecule has 138 valence electrons. The number of rotatable bonds is 4. The Kier molecular flexibility index (Phi) is 4.68.